The van der Waals surface area contributed by atoms with Crippen LogP contribution in [0, 0.1) is 0 Å². The molecule has 0 radical (unpaired) electrons. The average Bonchev–Trinajstić information content (AvgIpc) is 3.42. The first kappa shape index (κ1) is 21.2. The molecule has 1 aromatic carbocycles. The Morgan fingerprint density at radius 3 is 2.93 bits per heavy atom. The molecule has 162 valence electrons. The Labute approximate surface area is 181 Å². The van der Waals surface area contributed by atoms with E-state index in [-0.39, 0.29) is 18.3 Å². The quantitative estimate of drug-likeness (QED) is 0.372. The van der Waals surface area contributed by atoms with Crippen LogP contribution in [0.25, 0.3) is 0 Å². The zero-order valence-electron chi connectivity index (χ0n) is 17.2. The molecular formula is C21H27N3O5S. The van der Waals surface area contributed by atoms with Crippen molar-refractivity contribution >= 4 is 29.9 Å². The molecule has 1 aromatic rings. The summed E-state index contributed by atoms with van der Waals surface area (Å²) in [5, 5.41) is 4.41. The normalized spacial score (nSPS) is 29.5. The van der Waals surface area contributed by atoms with Gasteiger partial charge in [0.2, 0.25) is 0 Å². The number of rotatable bonds is 7. The van der Waals surface area contributed by atoms with Crippen LogP contribution < -0.4 is 0 Å². The largest absolute Gasteiger partial charge is 0.462 e. The minimum Gasteiger partial charge on any atom is -0.462 e. The van der Waals surface area contributed by atoms with Crippen molar-refractivity contribution < 1.29 is 23.8 Å². The van der Waals surface area contributed by atoms with Crippen LogP contribution in [0.5, 0.6) is 0 Å². The van der Waals surface area contributed by atoms with Crippen molar-refractivity contribution in [3.05, 3.63) is 35.9 Å². The number of oxime groups is 1. The number of aliphatic imine (C=N–C) groups is 1. The minimum absolute atomic E-state index is 0.228. The Morgan fingerprint density at radius 2 is 2.17 bits per heavy atom. The zero-order chi connectivity index (χ0) is 21.0. The molecular weight excluding hydrogens is 406 g/mol. The number of nitrogens with zero attached hydrogens (tertiary/aromatic N) is 3. The van der Waals surface area contributed by atoms with E-state index in [1.54, 1.807) is 12.6 Å². The molecule has 4 atom stereocenters. The maximum Gasteiger partial charge on any atom is 0.265 e. The Bertz CT molecular complexity index is 788. The van der Waals surface area contributed by atoms with E-state index in [0.717, 1.165) is 12.1 Å². The molecule has 8 nitrogen and oxygen atoms in total. The number of hydrogen-bond donors (Lipinski definition) is 0. The maximum absolute atomic E-state index is 6.11. The van der Waals surface area contributed by atoms with Crippen LogP contribution in [0.4, 0.5) is 0 Å². The van der Waals surface area contributed by atoms with E-state index >= 15 is 0 Å². The summed E-state index contributed by atoms with van der Waals surface area (Å²) in [5.74, 6) is -0.717. The summed E-state index contributed by atoms with van der Waals surface area (Å²) >= 11 is 5.45. The topological polar surface area (TPSA) is 74.1 Å². The summed E-state index contributed by atoms with van der Waals surface area (Å²) in [5.41, 5.74) is 1.07. The SMILES string of the molecule is CC1(C)O[C@H]2O[C@H](CC/C=N/OCc3ccccc3)[C@H](OC(=S)N3C=NCC3)[C@H]2O1. The van der Waals surface area contributed by atoms with Gasteiger partial charge in [0.05, 0.1) is 12.9 Å². The minimum atomic E-state index is -0.717. The summed E-state index contributed by atoms with van der Waals surface area (Å²) in [6, 6.07) is 9.91. The molecule has 2 saturated heterocycles. The lowest BCUT2D eigenvalue weighted by Gasteiger charge is -2.27. The molecule has 0 aromatic heterocycles. The average molecular weight is 434 g/mol. The molecule has 4 rings (SSSR count). The van der Waals surface area contributed by atoms with Crippen LogP contribution in [0.3, 0.4) is 0 Å². The third-order valence-corrected chi connectivity index (χ3v) is 5.38. The summed E-state index contributed by atoms with van der Waals surface area (Å²) < 4.78 is 24.1. The number of hydrogen-bond acceptors (Lipinski definition) is 8. The lowest BCUT2D eigenvalue weighted by atomic mass is 10.1. The highest BCUT2D eigenvalue weighted by atomic mass is 32.1. The van der Waals surface area contributed by atoms with E-state index in [2.05, 4.69) is 10.1 Å². The second-order valence-electron chi connectivity index (χ2n) is 7.83. The van der Waals surface area contributed by atoms with E-state index in [9.17, 15) is 0 Å². The fourth-order valence-electron chi connectivity index (χ4n) is 3.65. The zero-order valence-corrected chi connectivity index (χ0v) is 18.0. The standard InChI is InChI=1S/C21H27N3O5S/c1-21(2)28-18-17(27-20(30)24-12-11-22-14-24)16(26-19(18)29-21)9-6-10-23-25-13-15-7-4-3-5-8-15/h3-5,7-8,10,14,16-19H,6,9,11-13H2,1-2H3/b23-10+/t16-,17+,18-,19-/m1/s1. The molecule has 3 heterocycles. The van der Waals surface area contributed by atoms with Gasteiger partial charge in [0.1, 0.15) is 12.7 Å². The summed E-state index contributed by atoms with van der Waals surface area (Å²) in [4.78, 5) is 11.4. The molecule has 30 heavy (non-hydrogen) atoms. The smallest absolute Gasteiger partial charge is 0.265 e. The molecule has 3 aliphatic heterocycles. The summed E-state index contributed by atoms with van der Waals surface area (Å²) in [7, 11) is 0. The fraction of sp³-hybridized carbons (Fsp3) is 0.571. The molecule has 0 aliphatic carbocycles. The highest BCUT2D eigenvalue weighted by molar-refractivity contribution is 7.80. The van der Waals surface area contributed by atoms with Crippen molar-refractivity contribution in [2.45, 2.75) is 63.7 Å². The van der Waals surface area contributed by atoms with E-state index in [4.69, 9.17) is 36.0 Å². The number of ether oxygens (including phenoxy) is 4. The second-order valence-corrected chi connectivity index (χ2v) is 8.18. The number of benzene rings is 1. The molecule has 9 heteroatoms. The molecule has 0 N–H and O–H groups in total. The Balaban J connectivity index is 1.29. The van der Waals surface area contributed by atoms with Crippen LogP contribution in [-0.4, -0.2) is 66.1 Å². The van der Waals surface area contributed by atoms with Crippen molar-refractivity contribution in [1.82, 2.24) is 4.90 Å². The first-order chi connectivity index (χ1) is 14.5. The molecule has 0 unspecified atom stereocenters. The third kappa shape index (κ3) is 5.15. The van der Waals surface area contributed by atoms with Crippen LogP contribution in [0.1, 0.15) is 32.3 Å². The monoisotopic (exact) mass is 433 g/mol. The predicted octanol–water partition coefficient (Wildman–Crippen LogP) is 2.86. The lowest BCUT2D eigenvalue weighted by molar-refractivity contribution is -0.214. The van der Waals surface area contributed by atoms with Crippen molar-refractivity contribution in [3.63, 3.8) is 0 Å². The number of fused-ring (bicyclic) bond motifs is 1. The highest BCUT2D eigenvalue weighted by Gasteiger charge is 2.56. The molecule has 2 fully saturated rings. The Morgan fingerprint density at radius 1 is 1.33 bits per heavy atom. The summed E-state index contributed by atoms with van der Waals surface area (Å²) in [6.07, 6.45) is 3.39. The van der Waals surface area contributed by atoms with Gasteiger partial charge in [-0.05, 0) is 44.5 Å². The lowest BCUT2D eigenvalue weighted by Crippen LogP contribution is -2.41. The van der Waals surface area contributed by atoms with Gasteiger partial charge in [-0.1, -0.05) is 35.5 Å². The van der Waals surface area contributed by atoms with Crippen LogP contribution in [0.15, 0.2) is 40.5 Å². The molecule has 0 amide bonds. The van der Waals surface area contributed by atoms with Crippen molar-refractivity contribution in [1.29, 1.82) is 0 Å². The Kier molecular flexibility index (Phi) is 6.62. The van der Waals surface area contributed by atoms with E-state index in [1.807, 2.05) is 49.1 Å². The molecule has 0 bridgehead atoms. The summed E-state index contributed by atoms with van der Waals surface area (Å²) in [6.45, 7) is 5.60. The van der Waals surface area contributed by atoms with Gasteiger partial charge >= 0.3 is 0 Å². The van der Waals surface area contributed by atoms with Crippen molar-refractivity contribution in [2.24, 2.45) is 10.1 Å². The van der Waals surface area contributed by atoms with Gasteiger partial charge in [0.25, 0.3) is 5.17 Å². The van der Waals surface area contributed by atoms with E-state index in [0.29, 0.717) is 31.2 Å². The van der Waals surface area contributed by atoms with E-state index in [1.165, 1.54) is 0 Å². The molecule has 3 aliphatic rings. The van der Waals surface area contributed by atoms with Crippen molar-refractivity contribution in [3.8, 4) is 0 Å². The van der Waals surface area contributed by atoms with Gasteiger partial charge in [-0.15, -0.1) is 0 Å². The van der Waals surface area contributed by atoms with Gasteiger partial charge in [0, 0.05) is 12.8 Å². The predicted molar refractivity (Wildman–Crippen MR) is 115 cm³/mol. The van der Waals surface area contributed by atoms with Gasteiger partial charge in [-0.3, -0.25) is 9.89 Å². The van der Waals surface area contributed by atoms with Crippen LogP contribution >= 0.6 is 12.2 Å². The Hall–Kier alpha value is -2.07. The highest BCUT2D eigenvalue weighted by Crippen LogP contribution is 2.40. The van der Waals surface area contributed by atoms with Gasteiger partial charge < -0.3 is 23.8 Å². The molecule has 0 spiro atoms. The second kappa shape index (κ2) is 9.38. The van der Waals surface area contributed by atoms with Gasteiger partial charge in [-0.2, -0.15) is 0 Å². The van der Waals surface area contributed by atoms with Crippen LogP contribution in [-0.2, 0) is 30.4 Å². The van der Waals surface area contributed by atoms with Gasteiger partial charge in [0.15, 0.2) is 24.3 Å². The maximum atomic E-state index is 6.11. The fourth-order valence-corrected chi connectivity index (χ4v) is 3.90. The van der Waals surface area contributed by atoms with Gasteiger partial charge in [-0.25, -0.2) is 0 Å². The first-order valence-electron chi connectivity index (χ1n) is 10.2. The van der Waals surface area contributed by atoms with Crippen molar-refractivity contribution in [2.75, 3.05) is 13.1 Å². The van der Waals surface area contributed by atoms with E-state index < -0.39 is 12.1 Å². The first-order valence-corrected chi connectivity index (χ1v) is 10.6. The number of thiocarbonyl (C=S) groups is 1. The van der Waals surface area contributed by atoms with Crippen LogP contribution in [0.2, 0.25) is 0 Å². The molecule has 0 saturated carbocycles. The third-order valence-electron chi connectivity index (χ3n) is 5.05.